The Morgan fingerprint density at radius 2 is 2.06 bits per heavy atom. The van der Waals surface area contributed by atoms with Gasteiger partial charge in [-0.05, 0) is 31.4 Å². The Bertz CT molecular complexity index is 389. The van der Waals surface area contributed by atoms with Gasteiger partial charge in [-0.3, -0.25) is 0 Å². The second-order valence-corrected chi connectivity index (χ2v) is 4.74. The van der Waals surface area contributed by atoms with E-state index in [1.165, 1.54) is 0 Å². The molecule has 1 aliphatic heterocycles. The molecule has 94 valence electrons. The second kappa shape index (κ2) is 5.61. The molecule has 3 nitrogen and oxygen atoms in total. The van der Waals surface area contributed by atoms with E-state index in [4.69, 9.17) is 21.1 Å². The highest BCUT2D eigenvalue weighted by molar-refractivity contribution is 6.31. The molecule has 1 saturated heterocycles. The van der Waals surface area contributed by atoms with Gasteiger partial charge in [-0.2, -0.15) is 0 Å². The highest BCUT2D eigenvalue weighted by Crippen LogP contribution is 2.32. The van der Waals surface area contributed by atoms with Crippen LogP contribution >= 0.6 is 11.6 Å². The Balaban J connectivity index is 2.15. The number of halogens is 1. The SMILES string of the molecule is COc1cc(Cl)c(C)cc1NC1CCOCC1. The summed E-state index contributed by atoms with van der Waals surface area (Å²) in [5.41, 5.74) is 2.07. The summed E-state index contributed by atoms with van der Waals surface area (Å²) in [6, 6.07) is 4.35. The minimum absolute atomic E-state index is 0.457. The average Bonchev–Trinajstić information content (AvgIpc) is 2.35. The van der Waals surface area contributed by atoms with E-state index in [0.29, 0.717) is 6.04 Å². The summed E-state index contributed by atoms with van der Waals surface area (Å²) < 4.78 is 10.7. The van der Waals surface area contributed by atoms with Gasteiger partial charge in [0.15, 0.2) is 0 Å². The lowest BCUT2D eigenvalue weighted by Crippen LogP contribution is -2.28. The molecular formula is C13H18ClNO2. The molecule has 0 aliphatic carbocycles. The third kappa shape index (κ3) is 3.05. The smallest absolute Gasteiger partial charge is 0.143 e. The zero-order valence-corrected chi connectivity index (χ0v) is 11.0. The van der Waals surface area contributed by atoms with E-state index in [9.17, 15) is 0 Å². The maximum absolute atomic E-state index is 6.08. The topological polar surface area (TPSA) is 30.5 Å². The zero-order valence-electron chi connectivity index (χ0n) is 10.3. The lowest BCUT2D eigenvalue weighted by atomic mass is 10.1. The number of ether oxygens (including phenoxy) is 2. The van der Waals surface area contributed by atoms with Gasteiger partial charge >= 0.3 is 0 Å². The van der Waals surface area contributed by atoms with Crippen molar-refractivity contribution in [3.63, 3.8) is 0 Å². The van der Waals surface area contributed by atoms with Crippen LogP contribution in [0, 0.1) is 6.92 Å². The highest BCUT2D eigenvalue weighted by atomic mass is 35.5. The molecule has 1 N–H and O–H groups in total. The first-order valence-corrected chi connectivity index (χ1v) is 6.27. The van der Waals surface area contributed by atoms with E-state index in [0.717, 1.165) is 48.1 Å². The molecule has 0 unspecified atom stereocenters. The molecule has 17 heavy (non-hydrogen) atoms. The van der Waals surface area contributed by atoms with E-state index < -0.39 is 0 Å². The molecule has 1 heterocycles. The normalized spacial score (nSPS) is 16.9. The van der Waals surface area contributed by atoms with Crippen molar-refractivity contribution in [1.82, 2.24) is 0 Å². The van der Waals surface area contributed by atoms with Crippen LogP contribution in [0.3, 0.4) is 0 Å². The fraction of sp³-hybridized carbons (Fsp3) is 0.538. The van der Waals surface area contributed by atoms with Crippen molar-refractivity contribution < 1.29 is 9.47 Å². The molecule has 1 aromatic carbocycles. The molecule has 0 radical (unpaired) electrons. The quantitative estimate of drug-likeness (QED) is 0.899. The average molecular weight is 256 g/mol. The molecule has 1 aliphatic rings. The summed E-state index contributed by atoms with van der Waals surface area (Å²) in [7, 11) is 1.66. The second-order valence-electron chi connectivity index (χ2n) is 4.33. The van der Waals surface area contributed by atoms with Crippen LogP contribution in [0.5, 0.6) is 5.75 Å². The first-order valence-electron chi connectivity index (χ1n) is 5.89. The van der Waals surface area contributed by atoms with Crippen LogP contribution in [0.1, 0.15) is 18.4 Å². The van der Waals surface area contributed by atoms with Crippen molar-refractivity contribution in [3.8, 4) is 5.75 Å². The van der Waals surface area contributed by atoms with Crippen LogP contribution in [0.4, 0.5) is 5.69 Å². The van der Waals surface area contributed by atoms with Gasteiger partial charge < -0.3 is 14.8 Å². The maximum Gasteiger partial charge on any atom is 0.143 e. The van der Waals surface area contributed by atoms with Gasteiger partial charge in [0.25, 0.3) is 0 Å². The van der Waals surface area contributed by atoms with Gasteiger partial charge in [0.1, 0.15) is 5.75 Å². The molecule has 1 fully saturated rings. The standard InChI is InChI=1S/C13H18ClNO2/c1-9-7-12(13(16-2)8-11(9)14)15-10-3-5-17-6-4-10/h7-8,10,15H,3-6H2,1-2H3. The van der Waals surface area contributed by atoms with E-state index >= 15 is 0 Å². The molecule has 1 aromatic rings. The number of methoxy groups -OCH3 is 1. The van der Waals surface area contributed by atoms with E-state index in [2.05, 4.69) is 5.32 Å². The summed E-state index contributed by atoms with van der Waals surface area (Å²) in [5.74, 6) is 0.798. The first-order chi connectivity index (χ1) is 8.20. The fourth-order valence-corrected chi connectivity index (χ4v) is 2.16. The fourth-order valence-electron chi connectivity index (χ4n) is 2.01. The van der Waals surface area contributed by atoms with E-state index in [1.54, 1.807) is 7.11 Å². The van der Waals surface area contributed by atoms with E-state index in [-0.39, 0.29) is 0 Å². The van der Waals surface area contributed by atoms with Crippen molar-refractivity contribution in [2.45, 2.75) is 25.8 Å². The number of hydrogen-bond donors (Lipinski definition) is 1. The summed E-state index contributed by atoms with van der Waals surface area (Å²) in [5, 5.41) is 4.24. The Morgan fingerprint density at radius 1 is 1.35 bits per heavy atom. The summed E-state index contributed by atoms with van der Waals surface area (Å²) in [4.78, 5) is 0. The van der Waals surface area contributed by atoms with Crippen molar-refractivity contribution in [2.24, 2.45) is 0 Å². The number of nitrogens with one attached hydrogen (secondary N) is 1. The first kappa shape index (κ1) is 12.5. The number of anilines is 1. The number of aryl methyl sites for hydroxylation is 1. The zero-order chi connectivity index (χ0) is 12.3. The molecule has 0 amide bonds. The minimum Gasteiger partial charge on any atom is -0.495 e. The summed E-state index contributed by atoms with van der Waals surface area (Å²) >= 11 is 6.08. The molecular weight excluding hydrogens is 238 g/mol. The summed E-state index contributed by atoms with van der Waals surface area (Å²) in [6.07, 6.45) is 2.07. The van der Waals surface area contributed by atoms with Crippen LogP contribution in [0.2, 0.25) is 5.02 Å². The molecule has 0 saturated carbocycles. The monoisotopic (exact) mass is 255 g/mol. The Kier molecular flexibility index (Phi) is 4.13. The molecule has 0 bridgehead atoms. The number of hydrogen-bond acceptors (Lipinski definition) is 3. The predicted molar refractivity (Wildman–Crippen MR) is 70.2 cm³/mol. The van der Waals surface area contributed by atoms with Crippen LogP contribution < -0.4 is 10.1 Å². The van der Waals surface area contributed by atoms with Crippen molar-refractivity contribution in [1.29, 1.82) is 0 Å². The molecule has 0 atom stereocenters. The van der Waals surface area contributed by atoms with Crippen LogP contribution in [-0.4, -0.2) is 26.4 Å². The van der Waals surface area contributed by atoms with Gasteiger partial charge in [0, 0.05) is 30.3 Å². The van der Waals surface area contributed by atoms with Gasteiger partial charge in [0.05, 0.1) is 12.8 Å². The van der Waals surface area contributed by atoms with Gasteiger partial charge in [-0.1, -0.05) is 11.6 Å². The molecule has 0 spiro atoms. The largest absolute Gasteiger partial charge is 0.495 e. The van der Waals surface area contributed by atoms with Crippen molar-refractivity contribution >= 4 is 17.3 Å². The van der Waals surface area contributed by atoms with Crippen molar-refractivity contribution in [3.05, 3.63) is 22.7 Å². The molecule has 2 rings (SSSR count). The van der Waals surface area contributed by atoms with E-state index in [1.807, 2.05) is 19.1 Å². The number of benzene rings is 1. The van der Waals surface area contributed by atoms with Crippen LogP contribution in [-0.2, 0) is 4.74 Å². The minimum atomic E-state index is 0.457. The van der Waals surface area contributed by atoms with Crippen molar-refractivity contribution in [2.75, 3.05) is 25.6 Å². The summed E-state index contributed by atoms with van der Waals surface area (Å²) in [6.45, 7) is 3.65. The Labute approximate surface area is 107 Å². The van der Waals surface area contributed by atoms with Gasteiger partial charge in [-0.25, -0.2) is 0 Å². The lowest BCUT2D eigenvalue weighted by Gasteiger charge is -2.25. The lowest BCUT2D eigenvalue weighted by molar-refractivity contribution is 0.0904. The van der Waals surface area contributed by atoms with Crippen LogP contribution in [0.25, 0.3) is 0 Å². The number of rotatable bonds is 3. The third-order valence-corrected chi connectivity index (χ3v) is 3.47. The Morgan fingerprint density at radius 3 is 2.71 bits per heavy atom. The maximum atomic E-state index is 6.08. The van der Waals surface area contributed by atoms with Gasteiger partial charge in [0.2, 0.25) is 0 Å². The Hall–Kier alpha value is -0.930. The van der Waals surface area contributed by atoms with Crippen LogP contribution in [0.15, 0.2) is 12.1 Å². The molecule has 4 heteroatoms. The third-order valence-electron chi connectivity index (χ3n) is 3.06. The highest BCUT2D eigenvalue weighted by Gasteiger charge is 2.16. The molecule has 0 aromatic heterocycles. The predicted octanol–water partition coefficient (Wildman–Crippen LogP) is 3.25. The van der Waals surface area contributed by atoms with Gasteiger partial charge in [-0.15, -0.1) is 0 Å².